The monoisotopic (exact) mass is 515 g/mol. The summed E-state index contributed by atoms with van der Waals surface area (Å²) in [6.45, 7) is 0. The molecule has 190 valence electrons. The topological polar surface area (TPSA) is 81.2 Å². The van der Waals surface area contributed by atoms with Crippen LogP contribution in [-0.2, 0) is 16.0 Å². The smallest absolute Gasteiger partial charge is 0.328 e. The van der Waals surface area contributed by atoms with Crippen molar-refractivity contribution in [1.82, 2.24) is 15.3 Å². The van der Waals surface area contributed by atoms with Gasteiger partial charge < -0.3 is 10.1 Å². The van der Waals surface area contributed by atoms with Gasteiger partial charge in [0.1, 0.15) is 29.1 Å². The average Bonchev–Trinajstić information content (AvgIpc) is 2.93. The van der Waals surface area contributed by atoms with Gasteiger partial charge in [-0.15, -0.1) is 0 Å². The number of hydrogen-bond donors (Lipinski definition) is 1. The molecule has 0 aliphatic carbocycles. The van der Waals surface area contributed by atoms with Gasteiger partial charge in [0.05, 0.1) is 18.1 Å². The van der Waals surface area contributed by atoms with E-state index in [1.165, 1.54) is 6.07 Å². The average molecular weight is 515 g/mol. The van der Waals surface area contributed by atoms with E-state index in [-0.39, 0.29) is 6.42 Å². The van der Waals surface area contributed by atoms with Crippen LogP contribution in [0.1, 0.15) is 15.9 Å². The van der Waals surface area contributed by atoms with Crippen molar-refractivity contribution in [3.8, 4) is 11.1 Å². The van der Waals surface area contributed by atoms with Gasteiger partial charge in [0.25, 0.3) is 5.91 Å². The van der Waals surface area contributed by atoms with E-state index in [9.17, 15) is 22.8 Å². The molecule has 0 spiro atoms. The number of nitrogens with one attached hydrogen (secondary N) is 1. The minimum atomic E-state index is -1.24. The Balaban J connectivity index is 1.56. The number of aromatic nitrogens is 2. The van der Waals surface area contributed by atoms with Crippen molar-refractivity contribution < 1.29 is 27.5 Å². The highest BCUT2D eigenvalue weighted by atomic mass is 19.1. The number of carbonyl (C=O) groups is 2. The summed E-state index contributed by atoms with van der Waals surface area (Å²) in [6.07, 6.45) is 3.14. The number of fused-ring (bicyclic) bond motifs is 2. The number of nitrogens with zero attached hydrogens (tertiary/aromatic N) is 2. The molecule has 2 aromatic heterocycles. The van der Waals surface area contributed by atoms with Crippen LogP contribution in [0.4, 0.5) is 13.2 Å². The highest BCUT2D eigenvalue weighted by Gasteiger charge is 2.27. The van der Waals surface area contributed by atoms with Crippen LogP contribution in [0.5, 0.6) is 0 Å². The third-order valence-electron chi connectivity index (χ3n) is 6.27. The van der Waals surface area contributed by atoms with Crippen molar-refractivity contribution in [2.24, 2.45) is 0 Å². The molecule has 9 heteroatoms. The third kappa shape index (κ3) is 4.54. The molecule has 5 aromatic rings. The summed E-state index contributed by atoms with van der Waals surface area (Å²) in [7, 11) is 1.15. The first kappa shape index (κ1) is 24.9. The number of pyridine rings is 2. The zero-order valence-corrected chi connectivity index (χ0v) is 20.0. The Morgan fingerprint density at radius 1 is 0.789 bits per heavy atom. The maximum absolute atomic E-state index is 14.4. The highest BCUT2D eigenvalue weighted by Crippen LogP contribution is 2.34. The van der Waals surface area contributed by atoms with E-state index in [0.29, 0.717) is 38.5 Å². The van der Waals surface area contributed by atoms with Gasteiger partial charge in [-0.3, -0.25) is 14.8 Å². The Morgan fingerprint density at radius 2 is 1.39 bits per heavy atom. The molecule has 0 saturated carbocycles. The van der Waals surface area contributed by atoms with Gasteiger partial charge in [-0.1, -0.05) is 24.3 Å². The molecule has 0 aliphatic rings. The highest BCUT2D eigenvalue weighted by molar-refractivity contribution is 6.03. The molecule has 1 amide bonds. The summed E-state index contributed by atoms with van der Waals surface area (Å²) in [5.74, 6) is -4.37. The Bertz CT molecular complexity index is 1690. The normalized spacial score (nSPS) is 11.9. The first-order chi connectivity index (χ1) is 18.4. The summed E-state index contributed by atoms with van der Waals surface area (Å²) in [5, 5.41) is 3.42. The molecule has 0 saturated heterocycles. The number of ether oxygens (including phenoxy) is 1. The molecule has 0 radical (unpaired) electrons. The SMILES string of the molecule is COC(=O)[C@H](Cc1ccc(-c2ccc(F)c3cccnc23)c2ncccc12)NC(=O)c1c(F)cccc1F. The van der Waals surface area contributed by atoms with E-state index in [4.69, 9.17) is 4.74 Å². The molecule has 0 aliphatic heterocycles. The second-order valence-corrected chi connectivity index (χ2v) is 8.52. The zero-order valence-electron chi connectivity index (χ0n) is 20.0. The standard InChI is InChI=1S/C29H20F3N3O3/c1-38-29(37)24(35-28(36)25-22(31)7-2-8-23(25)32)15-16-9-10-18(26-17(16)5-3-13-33-26)19-11-12-21(30)20-6-4-14-34-27(19)20/h2-14,24H,15H2,1H3,(H,35,36)/t24-/m0/s1. The van der Waals surface area contributed by atoms with Gasteiger partial charge in [-0.2, -0.15) is 0 Å². The largest absolute Gasteiger partial charge is 0.467 e. The van der Waals surface area contributed by atoms with Gasteiger partial charge in [0.2, 0.25) is 0 Å². The Morgan fingerprint density at radius 3 is 2.05 bits per heavy atom. The van der Waals surface area contributed by atoms with Crippen LogP contribution < -0.4 is 5.32 Å². The second-order valence-electron chi connectivity index (χ2n) is 8.52. The lowest BCUT2D eigenvalue weighted by Crippen LogP contribution is -2.43. The summed E-state index contributed by atoms with van der Waals surface area (Å²) < 4.78 is 47.6. The molecule has 1 N–H and O–H groups in total. The van der Waals surface area contributed by atoms with Crippen molar-refractivity contribution >= 4 is 33.7 Å². The van der Waals surface area contributed by atoms with Crippen molar-refractivity contribution in [2.45, 2.75) is 12.5 Å². The lowest BCUT2D eigenvalue weighted by Gasteiger charge is -2.19. The maximum Gasteiger partial charge on any atom is 0.328 e. The fourth-order valence-corrected chi connectivity index (χ4v) is 4.48. The van der Waals surface area contributed by atoms with E-state index in [0.717, 1.165) is 25.3 Å². The lowest BCUT2D eigenvalue weighted by atomic mass is 9.94. The lowest BCUT2D eigenvalue weighted by molar-refractivity contribution is -0.142. The number of hydrogen-bond acceptors (Lipinski definition) is 5. The molecule has 6 nitrogen and oxygen atoms in total. The molecule has 0 fully saturated rings. The van der Waals surface area contributed by atoms with Crippen LogP contribution in [0.15, 0.2) is 79.1 Å². The number of halogens is 3. The summed E-state index contributed by atoms with van der Waals surface area (Å²) in [6, 6.07) is 15.2. The van der Waals surface area contributed by atoms with E-state index < -0.39 is 40.9 Å². The number of benzene rings is 3. The number of amides is 1. The molecule has 2 heterocycles. The molecule has 3 aromatic carbocycles. The van der Waals surface area contributed by atoms with Crippen molar-refractivity contribution in [3.05, 3.63) is 108 Å². The minimum Gasteiger partial charge on any atom is -0.467 e. The molecular formula is C29H20F3N3O3. The van der Waals surface area contributed by atoms with Crippen LogP contribution in [0.3, 0.4) is 0 Å². The quantitative estimate of drug-likeness (QED) is 0.307. The Labute approximate surface area is 215 Å². The number of rotatable bonds is 6. The van der Waals surface area contributed by atoms with E-state index in [1.54, 1.807) is 54.9 Å². The molecule has 5 rings (SSSR count). The van der Waals surface area contributed by atoms with E-state index in [1.807, 2.05) is 0 Å². The Kier molecular flexibility index (Phi) is 6.74. The fourth-order valence-electron chi connectivity index (χ4n) is 4.48. The van der Waals surface area contributed by atoms with Crippen LogP contribution in [0.25, 0.3) is 32.9 Å². The molecule has 1 atom stereocenters. The van der Waals surface area contributed by atoms with Gasteiger partial charge in [0, 0.05) is 40.7 Å². The zero-order chi connectivity index (χ0) is 26.8. The predicted molar refractivity (Wildman–Crippen MR) is 136 cm³/mol. The summed E-state index contributed by atoms with van der Waals surface area (Å²) in [5.41, 5.74) is 2.24. The second kappa shape index (κ2) is 10.3. The fraction of sp³-hybridized carbons (Fsp3) is 0.103. The Hall–Kier alpha value is -4.79. The van der Waals surface area contributed by atoms with Gasteiger partial charge in [-0.25, -0.2) is 18.0 Å². The molecular weight excluding hydrogens is 495 g/mol. The minimum absolute atomic E-state index is 0.0423. The third-order valence-corrected chi connectivity index (χ3v) is 6.27. The van der Waals surface area contributed by atoms with Gasteiger partial charge in [0.15, 0.2) is 0 Å². The van der Waals surface area contributed by atoms with Crippen LogP contribution in [0.2, 0.25) is 0 Å². The molecule has 0 unspecified atom stereocenters. The summed E-state index contributed by atoms with van der Waals surface area (Å²) >= 11 is 0. The first-order valence-electron chi connectivity index (χ1n) is 11.6. The number of esters is 1. The van der Waals surface area contributed by atoms with E-state index >= 15 is 0 Å². The van der Waals surface area contributed by atoms with Crippen LogP contribution >= 0.6 is 0 Å². The molecule has 0 bridgehead atoms. The van der Waals surface area contributed by atoms with Gasteiger partial charge in [-0.05, 0) is 48.0 Å². The van der Waals surface area contributed by atoms with Crippen molar-refractivity contribution in [2.75, 3.05) is 7.11 Å². The maximum atomic E-state index is 14.4. The van der Waals surface area contributed by atoms with Crippen LogP contribution in [-0.4, -0.2) is 35.0 Å². The number of carbonyl (C=O) groups excluding carboxylic acids is 2. The molecule has 38 heavy (non-hydrogen) atoms. The van der Waals surface area contributed by atoms with Crippen molar-refractivity contribution in [1.29, 1.82) is 0 Å². The first-order valence-corrected chi connectivity index (χ1v) is 11.6. The van der Waals surface area contributed by atoms with Crippen molar-refractivity contribution in [3.63, 3.8) is 0 Å². The van der Waals surface area contributed by atoms with Gasteiger partial charge >= 0.3 is 5.97 Å². The number of methoxy groups -OCH3 is 1. The van der Waals surface area contributed by atoms with Crippen LogP contribution in [0, 0.1) is 17.5 Å². The van der Waals surface area contributed by atoms with E-state index in [2.05, 4.69) is 15.3 Å². The predicted octanol–water partition coefficient (Wildman–Crippen LogP) is 5.38. The summed E-state index contributed by atoms with van der Waals surface area (Å²) in [4.78, 5) is 34.2.